The number of carbonyl (C=O) groups is 2. The second-order valence-electron chi connectivity index (χ2n) is 27.1. The summed E-state index contributed by atoms with van der Waals surface area (Å²) in [5.74, 6) is -1.11. The van der Waals surface area contributed by atoms with Gasteiger partial charge in [-0.05, 0) is 86.8 Å². The molecule has 0 aliphatic carbocycles. The van der Waals surface area contributed by atoms with E-state index in [0.717, 1.165) is 19.8 Å². The Morgan fingerprint density at radius 3 is 1.47 bits per heavy atom. The van der Waals surface area contributed by atoms with E-state index in [4.69, 9.17) is 66.3 Å². The summed E-state index contributed by atoms with van der Waals surface area (Å²) >= 11 is 9.18. The number of esters is 2. The number of nitrogens with two attached hydrogens (primary N) is 3. The van der Waals surface area contributed by atoms with E-state index in [1.165, 1.54) is 55.8 Å². The van der Waals surface area contributed by atoms with Crippen molar-refractivity contribution in [1.29, 1.82) is 0 Å². The van der Waals surface area contributed by atoms with Crippen LogP contribution in [0.3, 0.4) is 0 Å². The topological polar surface area (TPSA) is 431 Å². The van der Waals surface area contributed by atoms with Crippen LogP contribution in [0.2, 0.25) is 5.15 Å². The van der Waals surface area contributed by atoms with Crippen molar-refractivity contribution in [3.8, 4) is 5.75 Å². The molecule has 7 aromatic rings. The van der Waals surface area contributed by atoms with Crippen molar-refractivity contribution in [2.75, 3.05) is 55.1 Å². The monoisotopic (exact) mass is 1610 g/mol. The number of alkyl halides is 6. The number of nitrogens with one attached hydrogen (secondary N) is 3. The van der Waals surface area contributed by atoms with Gasteiger partial charge in [-0.25, -0.2) is 46.3 Å². The Labute approximate surface area is 623 Å². The standard InChI is InChI=1S/C24H33FN7O7P.C13H17ClFN5O.C12H17FN6O3.C8H14BrFO.C8H13FO2.CH4/c1-13(2)37-21(34)14(3)31-40(35,39-15-9-7-6-8-10-15)36-11-16-18(33)24(4,25)22(38-16)32-12-28-17-19(27-5)29-23(26)30-20(17)32;1-4-7-6(2)13(3,15)11(21-7)20-5-17-8-9(14)18-12(16)19-10(8)20;1-12(13)7(21)5(3-20)22-10(12)19-4-16-6-8(15-2)17-11(14)18-9(6)19;1-4-6-5(2)8(3,10)7(9)11-6;1-4-6-5(2)8(3,9)7(10)11-6;/h6-10,12-14,16,18,22,33H,11H2,1-5H3,(H,31,35)(H3,26,27,29,30);5-7,11H,4H2,1-3H3,(H2,16,18,19);4-5,7,10,20-21H,3H2,1-2H3,(H3,14,15,17,18);5-7H,4H2,1-3H3;5-6H,4H2,1-3H3;1H4/t14-,16+,18+,22+,24+,40?;6-,7-,11-,13-;5-,7-,10-,12-;5-,6-,7+,8-;5-,6-,8-;/m01111./s1. The molecule has 21 atom stereocenters. The highest BCUT2D eigenvalue weighted by molar-refractivity contribution is 9.09. The van der Waals surface area contributed by atoms with E-state index in [-0.39, 0.29) is 83.5 Å². The van der Waals surface area contributed by atoms with Crippen LogP contribution in [0.1, 0.15) is 142 Å². The Kier molecular flexibility index (Phi) is 27.8. The van der Waals surface area contributed by atoms with Crippen molar-refractivity contribution >= 4 is 110 Å². The number of halogens is 7. The summed E-state index contributed by atoms with van der Waals surface area (Å²) in [6.45, 7) is 21.8. The summed E-state index contributed by atoms with van der Waals surface area (Å²) in [6.07, 6.45) is -3.24. The van der Waals surface area contributed by atoms with E-state index in [9.17, 15) is 42.6 Å². The number of anilines is 5. The lowest BCUT2D eigenvalue weighted by Gasteiger charge is -2.25. The molecule has 11 heterocycles. The maximum absolute atomic E-state index is 16.0. The van der Waals surface area contributed by atoms with Crippen LogP contribution < -0.4 is 37.4 Å². The number of ether oxygens (including phenoxy) is 6. The number of nitrogen functional groups attached to an aromatic ring is 3. The summed E-state index contributed by atoms with van der Waals surface area (Å²) < 4.78 is 135. The SMILES string of the molecule is C.CC[C@H]1OC(=O)[C@](C)(F)[C@@H]1C.CC[C@H]1O[C@@H](n2cnc3c(Cl)nc(N)nc32)[C@](C)(F)[C@@H]1C.CC[C@H]1O[C@H](Br)[C@](C)(F)[C@@H]1C.CNc1nc(N)nc2c1ncn2[C@@H]1O[C@H](CO)[C@@H](O)[C@@]1(C)F.CNc1nc(N)nc2c1ncn2[C@@H]1O[C@H](COP(=O)(N[C@@H](C)C(=O)OC(C)C)Oc2ccccc2)[C@@H](O)[C@@]1(C)F. The molecular formula is C66H98BrClF5N18O14P. The van der Waals surface area contributed by atoms with Crippen LogP contribution in [-0.4, -0.2) is 201 Å². The number of hydrogen-bond donors (Lipinski definition) is 9. The van der Waals surface area contributed by atoms with Gasteiger partial charge in [-0.1, -0.05) is 94.7 Å². The molecule has 0 spiro atoms. The lowest BCUT2D eigenvalue weighted by atomic mass is 9.88. The van der Waals surface area contributed by atoms with Crippen LogP contribution in [0.25, 0.3) is 33.5 Å². The zero-order valence-corrected chi connectivity index (χ0v) is 64.2. The molecule has 5 saturated heterocycles. The average molecular weight is 1610 g/mol. The molecule has 0 bridgehead atoms. The second-order valence-corrected chi connectivity index (χ2v) is 30.0. The van der Waals surface area contributed by atoms with Crippen molar-refractivity contribution in [3.05, 3.63) is 54.5 Å². The van der Waals surface area contributed by atoms with Gasteiger partial charge in [0.1, 0.15) is 58.5 Å². The Morgan fingerprint density at radius 2 is 1.08 bits per heavy atom. The molecule has 0 radical (unpaired) electrons. The van der Waals surface area contributed by atoms with Gasteiger partial charge in [0.15, 0.2) is 80.5 Å². The van der Waals surface area contributed by atoms with Crippen LogP contribution in [0.4, 0.5) is 51.4 Å². The van der Waals surface area contributed by atoms with E-state index < -0.39 is 122 Å². The number of fused-ring (bicyclic) bond motifs is 3. The van der Waals surface area contributed by atoms with Crippen LogP contribution >= 0.6 is 35.3 Å². The first-order chi connectivity index (χ1) is 49.1. The molecule has 0 saturated carbocycles. The van der Waals surface area contributed by atoms with Crippen molar-refractivity contribution < 1.29 is 88.9 Å². The minimum Gasteiger partial charge on any atom is -0.462 e. The fourth-order valence-corrected chi connectivity index (χ4v) is 14.8. The first kappa shape index (κ1) is 86.1. The molecule has 5 aliphatic rings. The van der Waals surface area contributed by atoms with Gasteiger partial charge in [0.2, 0.25) is 23.5 Å². The first-order valence-electron chi connectivity index (χ1n) is 34.0. The minimum atomic E-state index is -4.28. The van der Waals surface area contributed by atoms with Crippen LogP contribution in [0.15, 0.2) is 49.3 Å². The van der Waals surface area contributed by atoms with Gasteiger partial charge in [0, 0.05) is 31.8 Å². The number of benzene rings is 1. The first-order valence-corrected chi connectivity index (χ1v) is 36.8. The summed E-state index contributed by atoms with van der Waals surface area (Å²) in [5, 5.41) is 37.9. The largest absolute Gasteiger partial charge is 0.462 e. The molecule has 106 heavy (non-hydrogen) atoms. The van der Waals surface area contributed by atoms with Crippen molar-refractivity contribution in [2.24, 2.45) is 17.8 Å². The van der Waals surface area contributed by atoms with Crippen molar-refractivity contribution in [1.82, 2.24) is 63.6 Å². The van der Waals surface area contributed by atoms with Gasteiger partial charge < -0.3 is 76.1 Å². The molecule has 1 aromatic carbocycles. The third-order valence-corrected chi connectivity index (χ3v) is 22.3. The zero-order chi connectivity index (χ0) is 78.0. The summed E-state index contributed by atoms with van der Waals surface area (Å²) in [6, 6.07) is 7.05. The summed E-state index contributed by atoms with van der Waals surface area (Å²) in [5.41, 5.74) is 9.99. The van der Waals surface area contributed by atoms with E-state index in [1.54, 1.807) is 76.7 Å². The zero-order valence-electron chi connectivity index (χ0n) is 60.9. The molecule has 1 unspecified atom stereocenters. The Bertz CT molecular complexity index is 4190. The van der Waals surface area contributed by atoms with Gasteiger partial charge in [-0.15, -0.1) is 0 Å². The van der Waals surface area contributed by atoms with E-state index in [0.29, 0.717) is 40.3 Å². The third-order valence-electron chi connectivity index (χ3n) is 19.3. The second kappa shape index (κ2) is 34.2. The molecular weight excluding hydrogens is 1510 g/mol. The van der Waals surface area contributed by atoms with E-state index >= 15 is 8.78 Å². The molecule has 5 fully saturated rings. The smallest absolute Gasteiger partial charge is 0.459 e. The fourth-order valence-electron chi connectivity index (χ4n) is 12.4. The normalized spacial score (nSPS) is 32.5. The van der Waals surface area contributed by atoms with Gasteiger partial charge >= 0.3 is 19.7 Å². The average Bonchev–Trinajstić information content (AvgIpc) is 1.60. The highest BCUT2D eigenvalue weighted by atomic mass is 79.9. The lowest BCUT2D eigenvalue weighted by Crippen LogP contribution is -2.41. The minimum absolute atomic E-state index is 0. The van der Waals surface area contributed by atoms with Gasteiger partial charge in [0.25, 0.3) is 0 Å². The number of aromatic nitrogens is 12. The predicted octanol–water partition coefficient (Wildman–Crippen LogP) is 9.94. The Hall–Kier alpha value is -7.10. The molecule has 5 aliphatic heterocycles. The molecule has 12 rings (SSSR count). The maximum atomic E-state index is 16.0. The highest BCUT2D eigenvalue weighted by Crippen LogP contribution is 2.51. The molecule has 0 amide bonds. The van der Waals surface area contributed by atoms with Crippen LogP contribution in [0.5, 0.6) is 5.75 Å². The van der Waals surface area contributed by atoms with Gasteiger partial charge in [0.05, 0.1) is 50.5 Å². The number of nitrogens with zero attached hydrogens (tertiary/aromatic N) is 12. The molecule has 12 N–H and O–H groups in total. The fraction of sp³-hybridized carbons (Fsp3) is 0.652. The molecule has 590 valence electrons. The molecule has 40 heteroatoms. The van der Waals surface area contributed by atoms with Crippen molar-refractivity contribution in [2.45, 2.75) is 231 Å². The number of cyclic esters (lactones) is 1. The number of rotatable bonds is 18. The molecule has 6 aromatic heterocycles. The number of para-hydroxylation sites is 1. The Balaban J connectivity index is 0.000000202. The van der Waals surface area contributed by atoms with Gasteiger partial charge in [-0.2, -0.15) is 35.0 Å². The number of hydrogen-bond acceptors (Lipinski definition) is 28. The van der Waals surface area contributed by atoms with Crippen LogP contribution in [0, 0.1) is 17.8 Å². The maximum Gasteiger partial charge on any atom is 0.459 e. The third kappa shape index (κ3) is 17.8. The van der Waals surface area contributed by atoms with E-state index in [1.807, 2.05) is 34.6 Å². The highest BCUT2D eigenvalue weighted by Gasteiger charge is 2.58. The summed E-state index contributed by atoms with van der Waals surface area (Å²) in [4.78, 5) is 60.0. The number of carbonyl (C=O) groups excluding carboxylic acids is 2. The number of aliphatic hydroxyl groups is 3. The van der Waals surface area contributed by atoms with Crippen LogP contribution in [-0.2, 0) is 47.1 Å². The number of imidazole rings is 3. The number of aliphatic hydroxyl groups excluding tert-OH is 3. The van der Waals surface area contributed by atoms with Crippen molar-refractivity contribution in [3.63, 3.8) is 0 Å². The molecule has 32 nitrogen and oxygen atoms in total. The van der Waals surface area contributed by atoms with E-state index in [2.05, 4.69) is 76.5 Å². The quantitative estimate of drug-likeness (QED) is 0.0127. The predicted molar refractivity (Wildman–Crippen MR) is 389 cm³/mol. The van der Waals surface area contributed by atoms with Gasteiger partial charge in [-0.3, -0.25) is 23.0 Å². The lowest BCUT2D eigenvalue weighted by molar-refractivity contribution is -0.150. The Morgan fingerprint density at radius 1 is 0.651 bits per heavy atom. The summed E-state index contributed by atoms with van der Waals surface area (Å²) in [7, 11) is -1.01.